The summed E-state index contributed by atoms with van der Waals surface area (Å²) >= 11 is 0. The van der Waals surface area contributed by atoms with Crippen molar-refractivity contribution in [2.75, 3.05) is 18.5 Å². The van der Waals surface area contributed by atoms with Gasteiger partial charge in [0.05, 0.1) is 29.1 Å². The van der Waals surface area contributed by atoms with E-state index in [1.807, 2.05) is 73.7 Å². The summed E-state index contributed by atoms with van der Waals surface area (Å²) in [7, 11) is 0. The summed E-state index contributed by atoms with van der Waals surface area (Å²) in [6, 6.07) is 23.7. The van der Waals surface area contributed by atoms with E-state index in [4.69, 9.17) is 20.7 Å². The lowest BCUT2D eigenvalue weighted by Crippen LogP contribution is -2.08. The SMILES string of the molecule is Cc1ccc(Nc2nc(OCCCN)c3ccc(-c4ccc(C#N)cc4)cc3n2)cc1. The van der Waals surface area contributed by atoms with Crippen LogP contribution >= 0.6 is 0 Å². The van der Waals surface area contributed by atoms with Crippen molar-refractivity contribution in [1.29, 1.82) is 5.26 Å². The highest BCUT2D eigenvalue weighted by atomic mass is 16.5. The third-order valence-corrected chi connectivity index (χ3v) is 4.90. The Morgan fingerprint density at radius 3 is 2.42 bits per heavy atom. The summed E-state index contributed by atoms with van der Waals surface area (Å²) < 4.78 is 5.93. The van der Waals surface area contributed by atoms with Gasteiger partial charge in [0.25, 0.3) is 0 Å². The fraction of sp³-hybridized carbons (Fsp3) is 0.160. The molecular formula is C25H23N5O. The number of benzene rings is 3. The fourth-order valence-corrected chi connectivity index (χ4v) is 3.20. The zero-order valence-electron chi connectivity index (χ0n) is 17.3. The van der Waals surface area contributed by atoms with Crippen molar-refractivity contribution >= 4 is 22.5 Å². The minimum atomic E-state index is 0.469. The average molecular weight is 409 g/mol. The molecular weight excluding hydrogens is 386 g/mol. The number of nitrogens with one attached hydrogen (secondary N) is 1. The lowest BCUT2D eigenvalue weighted by molar-refractivity contribution is 0.305. The Morgan fingerprint density at radius 2 is 1.71 bits per heavy atom. The second-order valence-electron chi connectivity index (χ2n) is 7.26. The molecule has 6 nitrogen and oxygen atoms in total. The number of nitrogens with two attached hydrogens (primary N) is 1. The van der Waals surface area contributed by atoms with Gasteiger partial charge in [0, 0.05) is 5.69 Å². The minimum Gasteiger partial charge on any atom is -0.477 e. The van der Waals surface area contributed by atoms with Crippen LogP contribution in [0.2, 0.25) is 0 Å². The van der Waals surface area contributed by atoms with E-state index in [0.717, 1.165) is 34.1 Å². The number of hydrogen-bond donors (Lipinski definition) is 2. The van der Waals surface area contributed by atoms with E-state index in [1.54, 1.807) is 0 Å². The normalized spacial score (nSPS) is 10.6. The second kappa shape index (κ2) is 9.24. The van der Waals surface area contributed by atoms with Crippen LogP contribution < -0.4 is 15.8 Å². The molecule has 0 spiro atoms. The topological polar surface area (TPSA) is 96.9 Å². The van der Waals surface area contributed by atoms with E-state index >= 15 is 0 Å². The summed E-state index contributed by atoms with van der Waals surface area (Å²) in [6.07, 6.45) is 0.746. The molecule has 0 aliphatic carbocycles. The van der Waals surface area contributed by atoms with Crippen LogP contribution in [0.15, 0.2) is 66.7 Å². The molecule has 0 atom stereocenters. The molecule has 3 aromatic carbocycles. The van der Waals surface area contributed by atoms with Gasteiger partial charge in [0.15, 0.2) is 0 Å². The molecule has 0 aliphatic heterocycles. The number of ether oxygens (including phenoxy) is 1. The molecule has 0 radical (unpaired) electrons. The van der Waals surface area contributed by atoms with E-state index in [1.165, 1.54) is 5.56 Å². The summed E-state index contributed by atoms with van der Waals surface area (Å²) in [4.78, 5) is 9.32. The minimum absolute atomic E-state index is 0.469. The molecule has 0 saturated carbocycles. The molecule has 4 aromatic rings. The van der Waals surface area contributed by atoms with Crippen LogP contribution in [0.5, 0.6) is 5.88 Å². The monoisotopic (exact) mass is 409 g/mol. The van der Waals surface area contributed by atoms with Gasteiger partial charge < -0.3 is 15.8 Å². The van der Waals surface area contributed by atoms with Crippen molar-refractivity contribution in [3.63, 3.8) is 0 Å². The summed E-state index contributed by atoms with van der Waals surface area (Å²) in [5.74, 6) is 0.996. The van der Waals surface area contributed by atoms with Crippen molar-refractivity contribution < 1.29 is 4.74 Å². The molecule has 0 fully saturated rings. The molecule has 1 heterocycles. The molecule has 1 aromatic heterocycles. The number of aryl methyl sites for hydroxylation is 1. The molecule has 4 rings (SSSR count). The molecule has 0 bridgehead atoms. The molecule has 0 aliphatic rings. The van der Waals surface area contributed by atoms with Gasteiger partial charge >= 0.3 is 0 Å². The van der Waals surface area contributed by atoms with Gasteiger partial charge in [0.2, 0.25) is 11.8 Å². The highest BCUT2D eigenvalue weighted by molar-refractivity contribution is 5.89. The molecule has 0 saturated heterocycles. The number of anilines is 2. The van der Waals surface area contributed by atoms with Crippen LogP contribution in [0.3, 0.4) is 0 Å². The van der Waals surface area contributed by atoms with Crippen molar-refractivity contribution in [2.24, 2.45) is 5.73 Å². The fourth-order valence-electron chi connectivity index (χ4n) is 3.20. The molecule has 3 N–H and O–H groups in total. The second-order valence-corrected chi connectivity index (χ2v) is 7.26. The third-order valence-electron chi connectivity index (χ3n) is 4.90. The van der Waals surface area contributed by atoms with Crippen molar-refractivity contribution in [1.82, 2.24) is 9.97 Å². The summed E-state index contributed by atoms with van der Waals surface area (Å²) in [6.45, 7) is 3.09. The van der Waals surface area contributed by atoms with Crippen molar-refractivity contribution in [3.8, 4) is 23.1 Å². The van der Waals surface area contributed by atoms with Crippen LogP contribution in [-0.2, 0) is 0 Å². The molecule has 0 amide bonds. The molecule has 0 unspecified atom stereocenters. The lowest BCUT2D eigenvalue weighted by Gasteiger charge is -2.12. The Kier molecular flexibility index (Phi) is 6.06. The number of aromatic nitrogens is 2. The molecule has 154 valence electrons. The van der Waals surface area contributed by atoms with Crippen LogP contribution in [0.25, 0.3) is 22.0 Å². The van der Waals surface area contributed by atoms with E-state index in [9.17, 15) is 0 Å². The van der Waals surface area contributed by atoms with E-state index < -0.39 is 0 Å². The van der Waals surface area contributed by atoms with Gasteiger partial charge in [-0.2, -0.15) is 10.2 Å². The largest absolute Gasteiger partial charge is 0.477 e. The first-order valence-electron chi connectivity index (χ1n) is 10.1. The van der Waals surface area contributed by atoms with Gasteiger partial charge in [-0.05, 0) is 67.4 Å². The number of hydrogen-bond acceptors (Lipinski definition) is 6. The third kappa shape index (κ3) is 4.80. The highest BCUT2D eigenvalue weighted by Crippen LogP contribution is 2.30. The van der Waals surface area contributed by atoms with E-state index in [-0.39, 0.29) is 0 Å². The lowest BCUT2D eigenvalue weighted by atomic mass is 10.0. The van der Waals surface area contributed by atoms with Crippen LogP contribution in [-0.4, -0.2) is 23.1 Å². The highest BCUT2D eigenvalue weighted by Gasteiger charge is 2.11. The van der Waals surface area contributed by atoms with Gasteiger partial charge in [-0.3, -0.25) is 0 Å². The Hall–Kier alpha value is -3.95. The van der Waals surface area contributed by atoms with E-state index in [0.29, 0.717) is 30.5 Å². The summed E-state index contributed by atoms with van der Waals surface area (Å²) in [5.41, 5.74) is 11.1. The van der Waals surface area contributed by atoms with Crippen molar-refractivity contribution in [3.05, 3.63) is 77.9 Å². The van der Waals surface area contributed by atoms with Gasteiger partial charge in [-0.25, -0.2) is 4.98 Å². The number of nitriles is 1. The molecule has 6 heteroatoms. The number of rotatable bonds is 7. The maximum Gasteiger partial charge on any atom is 0.231 e. The first-order chi connectivity index (χ1) is 15.2. The number of fused-ring (bicyclic) bond motifs is 1. The van der Waals surface area contributed by atoms with E-state index in [2.05, 4.69) is 16.4 Å². The first-order valence-corrected chi connectivity index (χ1v) is 10.1. The number of nitrogens with zero attached hydrogens (tertiary/aromatic N) is 3. The zero-order valence-corrected chi connectivity index (χ0v) is 17.3. The standard InChI is InChI=1S/C25H23N5O/c1-17-3-10-21(11-4-17)28-25-29-23-15-20(19-7-5-18(16-27)6-8-19)9-12-22(23)24(30-25)31-14-2-13-26/h3-12,15H,2,13-14,26H2,1H3,(H,28,29,30). The quantitative estimate of drug-likeness (QED) is 0.419. The maximum absolute atomic E-state index is 9.03. The Bertz CT molecular complexity index is 1230. The zero-order chi connectivity index (χ0) is 21.6. The van der Waals surface area contributed by atoms with Crippen LogP contribution in [0, 0.1) is 18.3 Å². The van der Waals surface area contributed by atoms with Crippen molar-refractivity contribution in [2.45, 2.75) is 13.3 Å². The Balaban J connectivity index is 1.74. The van der Waals surface area contributed by atoms with Gasteiger partial charge in [-0.1, -0.05) is 35.9 Å². The average Bonchev–Trinajstić information content (AvgIpc) is 2.80. The molecule has 31 heavy (non-hydrogen) atoms. The van der Waals surface area contributed by atoms with Crippen LogP contribution in [0.1, 0.15) is 17.5 Å². The van der Waals surface area contributed by atoms with Crippen LogP contribution in [0.4, 0.5) is 11.6 Å². The van der Waals surface area contributed by atoms with Gasteiger partial charge in [0.1, 0.15) is 0 Å². The maximum atomic E-state index is 9.03. The Morgan fingerprint density at radius 1 is 0.968 bits per heavy atom. The first kappa shape index (κ1) is 20.3. The predicted octanol–water partition coefficient (Wildman–Crippen LogP) is 4.95. The smallest absolute Gasteiger partial charge is 0.231 e. The van der Waals surface area contributed by atoms with Gasteiger partial charge in [-0.15, -0.1) is 0 Å². The Labute approximate surface area is 181 Å². The summed E-state index contributed by atoms with van der Waals surface area (Å²) in [5, 5.41) is 13.1. The predicted molar refractivity (Wildman–Crippen MR) is 123 cm³/mol.